The van der Waals surface area contributed by atoms with Gasteiger partial charge in [0, 0.05) is 35.6 Å². The third-order valence-electron chi connectivity index (χ3n) is 9.80. The summed E-state index contributed by atoms with van der Waals surface area (Å²) in [6, 6.07) is 16.4. The van der Waals surface area contributed by atoms with E-state index in [9.17, 15) is 14.7 Å². The van der Waals surface area contributed by atoms with Crippen LogP contribution in [0.3, 0.4) is 0 Å². The number of anilines is 1. The van der Waals surface area contributed by atoms with Crippen LogP contribution >= 0.6 is 23.2 Å². The van der Waals surface area contributed by atoms with Crippen LogP contribution in [0.5, 0.6) is 5.88 Å². The Hall–Kier alpha value is -3.66. The molecule has 3 heterocycles. The molecule has 4 aromatic rings. The summed E-state index contributed by atoms with van der Waals surface area (Å²) in [6.07, 6.45) is 1.05. The van der Waals surface area contributed by atoms with Gasteiger partial charge in [0.15, 0.2) is 0 Å². The van der Waals surface area contributed by atoms with Gasteiger partial charge in [0.05, 0.1) is 27.5 Å². The number of amides is 1. The SMILES string of the molecule is CC1CC1CN1[C@H]2COc3c4ccc(C(=O)O)cc4nn3C[C@H]2[C@H](c2cccc(Cl)c2F)[C@]1(C)C(=O)Nc1cccc(Cl)c1. The van der Waals surface area contributed by atoms with Crippen molar-refractivity contribution in [1.29, 1.82) is 0 Å². The molecule has 3 aromatic carbocycles. The molecule has 2 fully saturated rings. The number of carboxylic acid groups (broad SMARTS) is 1. The lowest BCUT2D eigenvalue weighted by molar-refractivity contribution is -0.127. The van der Waals surface area contributed by atoms with Crippen LogP contribution in [0, 0.1) is 23.6 Å². The van der Waals surface area contributed by atoms with Crippen molar-refractivity contribution >= 4 is 51.7 Å². The number of fused-ring (bicyclic) bond motifs is 4. The number of rotatable bonds is 6. The van der Waals surface area contributed by atoms with Crippen molar-refractivity contribution in [2.75, 3.05) is 18.5 Å². The minimum Gasteiger partial charge on any atom is -0.478 e. The van der Waals surface area contributed by atoms with Crippen molar-refractivity contribution in [2.45, 2.75) is 44.3 Å². The van der Waals surface area contributed by atoms with Gasteiger partial charge in [-0.2, -0.15) is 5.10 Å². The summed E-state index contributed by atoms with van der Waals surface area (Å²) in [5.41, 5.74) is 0.322. The van der Waals surface area contributed by atoms with Gasteiger partial charge in [-0.1, -0.05) is 48.3 Å². The second-order valence-electron chi connectivity index (χ2n) is 12.4. The van der Waals surface area contributed by atoms with Gasteiger partial charge in [0.2, 0.25) is 11.8 Å². The fraction of sp³-hybridized carbons (Fsp3) is 0.364. The molecule has 1 saturated carbocycles. The maximum atomic E-state index is 16.0. The Balaban J connectivity index is 1.37. The predicted molar refractivity (Wildman–Crippen MR) is 166 cm³/mol. The molecule has 8 nitrogen and oxygen atoms in total. The predicted octanol–water partition coefficient (Wildman–Crippen LogP) is 6.71. The maximum Gasteiger partial charge on any atom is 0.335 e. The number of hydrogen-bond acceptors (Lipinski definition) is 5. The standard InChI is InChI=1S/C33H31Cl2FN4O4/c1-17-11-19(17)14-39-27-16-44-30-22-10-9-18(31(41)42)12-26(22)38-40(30)15-24(27)28(23-7-4-8-25(35)29(23)36)33(39,2)32(43)37-21-6-3-5-20(34)13-21/h3-10,12-13,17,19,24,27-28H,11,14-16H2,1-2H3,(H,37,43)(H,41,42)/t17?,19?,24-,27+,28+,33-/m1/s1. The zero-order valence-electron chi connectivity index (χ0n) is 24.1. The molecule has 11 heteroatoms. The first kappa shape index (κ1) is 29.1. The molecule has 1 saturated heterocycles. The molecule has 2 N–H and O–H groups in total. The molecule has 6 atom stereocenters. The maximum absolute atomic E-state index is 16.0. The topological polar surface area (TPSA) is 96.7 Å². The summed E-state index contributed by atoms with van der Waals surface area (Å²) in [4.78, 5) is 28.4. The number of halogens is 3. The van der Waals surface area contributed by atoms with E-state index in [-0.39, 0.29) is 35.1 Å². The molecule has 0 radical (unpaired) electrons. The van der Waals surface area contributed by atoms with Crippen LogP contribution in [-0.4, -0.2) is 56.4 Å². The third kappa shape index (κ3) is 4.73. The normalized spacial score (nSPS) is 27.7. The summed E-state index contributed by atoms with van der Waals surface area (Å²) in [6.45, 7) is 5.30. The Bertz CT molecular complexity index is 1810. The molecule has 3 aliphatic rings. The van der Waals surface area contributed by atoms with Gasteiger partial charge >= 0.3 is 5.97 Å². The molecule has 1 amide bonds. The van der Waals surface area contributed by atoms with Crippen molar-refractivity contribution in [1.82, 2.24) is 14.7 Å². The number of likely N-dealkylation sites (tertiary alicyclic amines) is 1. The van der Waals surface area contributed by atoms with E-state index in [0.29, 0.717) is 58.0 Å². The summed E-state index contributed by atoms with van der Waals surface area (Å²) in [5.74, 6) is -1.36. The fourth-order valence-corrected chi connectivity index (χ4v) is 7.71. The second kappa shape index (κ2) is 10.8. The second-order valence-corrected chi connectivity index (χ2v) is 13.3. The van der Waals surface area contributed by atoms with E-state index in [0.717, 1.165) is 6.42 Å². The van der Waals surface area contributed by atoms with Gasteiger partial charge in [-0.25, -0.2) is 13.9 Å². The van der Waals surface area contributed by atoms with Crippen LogP contribution in [0.2, 0.25) is 10.0 Å². The van der Waals surface area contributed by atoms with E-state index in [1.54, 1.807) is 47.1 Å². The van der Waals surface area contributed by atoms with Crippen molar-refractivity contribution in [3.63, 3.8) is 0 Å². The van der Waals surface area contributed by atoms with Crippen LogP contribution in [-0.2, 0) is 11.3 Å². The van der Waals surface area contributed by atoms with Crippen LogP contribution in [0.15, 0.2) is 60.7 Å². The van der Waals surface area contributed by atoms with E-state index in [1.165, 1.54) is 18.2 Å². The minimum absolute atomic E-state index is 0.0116. The number of carboxylic acids is 1. The van der Waals surface area contributed by atoms with Crippen LogP contribution in [0.25, 0.3) is 10.9 Å². The van der Waals surface area contributed by atoms with Gasteiger partial charge in [0.25, 0.3) is 0 Å². The van der Waals surface area contributed by atoms with Crippen LogP contribution in [0.4, 0.5) is 10.1 Å². The van der Waals surface area contributed by atoms with Crippen LogP contribution < -0.4 is 10.1 Å². The number of nitrogens with one attached hydrogen (secondary N) is 1. The molecule has 2 unspecified atom stereocenters. The van der Waals surface area contributed by atoms with Gasteiger partial charge in [-0.3, -0.25) is 9.69 Å². The Kier molecular flexibility index (Phi) is 7.10. The molecule has 0 bridgehead atoms. The molecule has 7 rings (SSSR count). The number of aromatic nitrogens is 2. The molecule has 1 aromatic heterocycles. The van der Waals surface area contributed by atoms with E-state index >= 15 is 4.39 Å². The molecule has 0 spiro atoms. The highest BCUT2D eigenvalue weighted by atomic mass is 35.5. The average molecular weight is 638 g/mol. The fourth-order valence-electron chi connectivity index (χ4n) is 7.34. The highest BCUT2D eigenvalue weighted by molar-refractivity contribution is 6.31. The quantitative estimate of drug-likeness (QED) is 0.244. The lowest BCUT2D eigenvalue weighted by Crippen LogP contribution is -2.57. The first-order chi connectivity index (χ1) is 21.1. The zero-order chi connectivity index (χ0) is 30.9. The van der Waals surface area contributed by atoms with Crippen LogP contribution in [0.1, 0.15) is 42.1 Å². The van der Waals surface area contributed by atoms with E-state index < -0.39 is 23.2 Å². The molecular weight excluding hydrogens is 606 g/mol. The Labute approximate surface area is 263 Å². The van der Waals surface area contributed by atoms with Gasteiger partial charge in [0.1, 0.15) is 18.0 Å². The number of hydrogen-bond donors (Lipinski definition) is 2. The van der Waals surface area contributed by atoms with Crippen molar-refractivity contribution in [3.05, 3.63) is 87.7 Å². The number of nitrogens with zero attached hydrogens (tertiary/aromatic N) is 3. The number of carbonyl (C=O) groups is 2. The van der Waals surface area contributed by atoms with E-state index in [4.69, 9.17) is 33.0 Å². The summed E-state index contributed by atoms with van der Waals surface area (Å²) < 4.78 is 24.2. The van der Waals surface area contributed by atoms with E-state index in [1.807, 2.05) is 6.92 Å². The Morgan fingerprint density at radius 2 is 1.93 bits per heavy atom. The Morgan fingerprint density at radius 1 is 1.16 bits per heavy atom. The lowest BCUT2D eigenvalue weighted by Gasteiger charge is -2.40. The van der Waals surface area contributed by atoms with E-state index in [2.05, 4.69) is 17.1 Å². The third-order valence-corrected chi connectivity index (χ3v) is 10.3. The molecule has 2 aliphatic heterocycles. The number of aromatic carboxylic acids is 1. The van der Waals surface area contributed by atoms with Crippen molar-refractivity contribution in [3.8, 4) is 5.88 Å². The van der Waals surface area contributed by atoms with Crippen molar-refractivity contribution < 1.29 is 23.8 Å². The highest BCUT2D eigenvalue weighted by Crippen LogP contribution is 2.54. The molecule has 44 heavy (non-hydrogen) atoms. The molecule has 228 valence electrons. The first-order valence-electron chi connectivity index (χ1n) is 14.7. The summed E-state index contributed by atoms with van der Waals surface area (Å²) in [7, 11) is 0. The Morgan fingerprint density at radius 3 is 2.66 bits per heavy atom. The zero-order valence-corrected chi connectivity index (χ0v) is 25.6. The minimum atomic E-state index is -1.20. The van der Waals surface area contributed by atoms with Gasteiger partial charge in [-0.15, -0.1) is 0 Å². The summed E-state index contributed by atoms with van der Waals surface area (Å²) >= 11 is 12.6. The smallest absolute Gasteiger partial charge is 0.335 e. The molecular formula is C33H31Cl2FN4O4. The lowest BCUT2D eigenvalue weighted by atomic mass is 9.74. The monoisotopic (exact) mass is 636 g/mol. The first-order valence-corrected chi connectivity index (χ1v) is 15.5. The van der Waals surface area contributed by atoms with Gasteiger partial charge < -0.3 is 15.2 Å². The summed E-state index contributed by atoms with van der Waals surface area (Å²) in [5, 5.41) is 18.5. The van der Waals surface area contributed by atoms with Gasteiger partial charge in [-0.05, 0) is 73.2 Å². The highest BCUT2D eigenvalue weighted by Gasteiger charge is 2.63. The number of carbonyl (C=O) groups excluding carboxylic acids is 1. The number of ether oxygens (including phenoxy) is 1. The average Bonchev–Trinajstić information content (AvgIpc) is 3.56. The largest absolute Gasteiger partial charge is 0.478 e. The van der Waals surface area contributed by atoms with Crippen molar-refractivity contribution in [2.24, 2.45) is 17.8 Å². The molecule has 1 aliphatic carbocycles. The number of benzene rings is 3.